The summed E-state index contributed by atoms with van der Waals surface area (Å²) in [5.74, 6) is -1.37. The molecule has 0 spiro atoms. The molecule has 6 heteroatoms. The van der Waals surface area contributed by atoms with Crippen LogP contribution in [0.4, 0.5) is 0 Å². The van der Waals surface area contributed by atoms with Crippen LogP contribution in [-0.4, -0.2) is 58.8 Å². The highest BCUT2D eigenvalue weighted by atomic mass is 16.3. The van der Waals surface area contributed by atoms with E-state index < -0.39 is 17.7 Å². The molecule has 27 heavy (non-hydrogen) atoms. The smallest absolute Gasteiger partial charge is 0.295 e. The third-order valence-corrected chi connectivity index (χ3v) is 4.61. The van der Waals surface area contributed by atoms with E-state index in [1.54, 1.807) is 53.7 Å². The molecule has 1 N–H and O–H groups in total. The SMILES string of the molecule is CN(C)CCCN1C(=O)C(=O)C(=C(O)c2ccccc2)[C@H]1c1ccncc1. The van der Waals surface area contributed by atoms with Crippen molar-refractivity contribution in [3.8, 4) is 0 Å². The molecule has 0 saturated carbocycles. The molecular formula is C21H23N3O3. The van der Waals surface area contributed by atoms with E-state index in [2.05, 4.69) is 4.98 Å². The van der Waals surface area contributed by atoms with Crippen LogP contribution in [-0.2, 0) is 9.59 Å². The number of hydrogen-bond acceptors (Lipinski definition) is 5. The normalized spacial score (nSPS) is 19.1. The number of aliphatic hydroxyl groups excluding tert-OH is 1. The van der Waals surface area contributed by atoms with Crippen molar-refractivity contribution in [2.75, 3.05) is 27.2 Å². The number of aromatic nitrogens is 1. The number of nitrogens with zero attached hydrogens (tertiary/aromatic N) is 3. The van der Waals surface area contributed by atoms with Crippen molar-refractivity contribution in [2.24, 2.45) is 0 Å². The zero-order valence-corrected chi connectivity index (χ0v) is 15.5. The second-order valence-electron chi connectivity index (χ2n) is 6.80. The summed E-state index contributed by atoms with van der Waals surface area (Å²) < 4.78 is 0. The summed E-state index contributed by atoms with van der Waals surface area (Å²) in [6.45, 7) is 1.23. The number of pyridine rings is 1. The predicted octanol–water partition coefficient (Wildman–Crippen LogP) is 2.46. The van der Waals surface area contributed by atoms with Crippen LogP contribution in [0, 0.1) is 0 Å². The van der Waals surface area contributed by atoms with Gasteiger partial charge in [-0.1, -0.05) is 30.3 Å². The molecule has 0 unspecified atom stereocenters. The van der Waals surface area contributed by atoms with Gasteiger partial charge >= 0.3 is 0 Å². The molecule has 6 nitrogen and oxygen atoms in total. The molecule has 1 saturated heterocycles. The van der Waals surface area contributed by atoms with Gasteiger partial charge in [0.15, 0.2) is 0 Å². The first kappa shape index (κ1) is 18.8. The lowest BCUT2D eigenvalue weighted by atomic mass is 9.96. The molecule has 0 bridgehead atoms. The Morgan fingerprint density at radius 1 is 1.11 bits per heavy atom. The van der Waals surface area contributed by atoms with E-state index >= 15 is 0 Å². The van der Waals surface area contributed by atoms with Gasteiger partial charge in [0.05, 0.1) is 11.6 Å². The standard InChI is InChI=1S/C21H23N3O3/c1-23(2)13-6-14-24-18(15-9-11-22-12-10-15)17(20(26)21(24)27)19(25)16-7-4-3-5-8-16/h3-5,7-12,18,25H,6,13-14H2,1-2H3/t18-/m1/s1. The second-order valence-corrected chi connectivity index (χ2v) is 6.80. The van der Waals surface area contributed by atoms with Gasteiger partial charge < -0.3 is 14.9 Å². The molecule has 0 radical (unpaired) electrons. The topological polar surface area (TPSA) is 73.7 Å². The van der Waals surface area contributed by atoms with E-state index in [-0.39, 0.29) is 11.3 Å². The van der Waals surface area contributed by atoms with Crippen LogP contribution >= 0.6 is 0 Å². The van der Waals surface area contributed by atoms with Gasteiger partial charge in [-0.15, -0.1) is 0 Å². The zero-order chi connectivity index (χ0) is 19.4. The summed E-state index contributed by atoms with van der Waals surface area (Å²) in [5, 5.41) is 10.8. The second kappa shape index (κ2) is 8.14. The number of carbonyl (C=O) groups is 2. The van der Waals surface area contributed by atoms with Crippen LogP contribution in [0.15, 0.2) is 60.4 Å². The van der Waals surface area contributed by atoms with Gasteiger partial charge in [-0.3, -0.25) is 14.6 Å². The highest BCUT2D eigenvalue weighted by Gasteiger charge is 2.45. The van der Waals surface area contributed by atoms with Crippen molar-refractivity contribution in [1.82, 2.24) is 14.8 Å². The summed E-state index contributed by atoms with van der Waals surface area (Å²) in [5.41, 5.74) is 1.40. The molecular weight excluding hydrogens is 342 g/mol. The molecule has 1 aliphatic rings. The van der Waals surface area contributed by atoms with Crippen molar-refractivity contribution >= 4 is 17.4 Å². The Morgan fingerprint density at radius 2 is 1.78 bits per heavy atom. The molecule has 140 valence electrons. The third kappa shape index (κ3) is 3.90. The monoisotopic (exact) mass is 365 g/mol. The molecule has 2 heterocycles. The van der Waals surface area contributed by atoms with Crippen LogP contribution in [0.25, 0.3) is 5.76 Å². The van der Waals surface area contributed by atoms with Crippen molar-refractivity contribution in [3.05, 3.63) is 71.6 Å². The van der Waals surface area contributed by atoms with Crippen molar-refractivity contribution in [2.45, 2.75) is 12.5 Å². The summed E-state index contributed by atoms with van der Waals surface area (Å²) in [6.07, 6.45) is 3.97. The summed E-state index contributed by atoms with van der Waals surface area (Å²) in [4.78, 5) is 33.1. The van der Waals surface area contributed by atoms with Crippen molar-refractivity contribution in [1.29, 1.82) is 0 Å². The molecule has 3 rings (SSSR count). The predicted molar refractivity (Wildman–Crippen MR) is 103 cm³/mol. The fourth-order valence-electron chi connectivity index (χ4n) is 3.31. The lowest BCUT2D eigenvalue weighted by Crippen LogP contribution is -2.32. The zero-order valence-electron chi connectivity index (χ0n) is 15.5. The van der Waals surface area contributed by atoms with Gasteiger partial charge in [0.1, 0.15) is 5.76 Å². The number of amides is 1. The number of benzene rings is 1. The van der Waals surface area contributed by atoms with Crippen LogP contribution < -0.4 is 0 Å². The van der Waals surface area contributed by atoms with Gasteiger partial charge in [-0.2, -0.15) is 0 Å². The number of ketones is 1. The number of carbonyl (C=O) groups excluding carboxylic acids is 2. The maximum absolute atomic E-state index is 12.8. The Balaban J connectivity index is 2.05. The Hall–Kier alpha value is -2.99. The number of Topliss-reactive ketones (excluding diaryl/α,β-unsaturated/α-hetero) is 1. The van der Waals surface area contributed by atoms with Gasteiger partial charge in [0.25, 0.3) is 11.7 Å². The van der Waals surface area contributed by atoms with Gasteiger partial charge in [-0.25, -0.2) is 0 Å². The molecule has 1 atom stereocenters. The Labute approximate surface area is 158 Å². The van der Waals surface area contributed by atoms with Crippen molar-refractivity contribution in [3.63, 3.8) is 0 Å². The molecule has 1 amide bonds. The van der Waals surface area contributed by atoms with E-state index in [1.165, 1.54) is 0 Å². The Morgan fingerprint density at radius 3 is 2.41 bits per heavy atom. The van der Waals surface area contributed by atoms with Crippen LogP contribution in [0.5, 0.6) is 0 Å². The van der Waals surface area contributed by atoms with E-state index in [4.69, 9.17) is 0 Å². The third-order valence-electron chi connectivity index (χ3n) is 4.61. The first-order valence-corrected chi connectivity index (χ1v) is 8.89. The summed E-state index contributed by atoms with van der Waals surface area (Å²) in [7, 11) is 3.92. The minimum atomic E-state index is -0.650. The summed E-state index contributed by atoms with van der Waals surface area (Å²) >= 11 is 0. The molecule has 1 aromatic carbocycles. The molecule has 1 aliphatic heterocycles. The van der Waals surface area contributed by atoms with Gasteiger partial charge in [-0.05, 0) is 44.8 Å². The van der Waals surface area contributed by atoms with Crippen LogP contribution in [0.3, 0.4) is 0 Å². The first-order chi connectivity index (χ1) is 13.0. The highest BCUT2D eigenvalue weighted by molar-refractivity contribution is 6.46. The van der Waals surface area contributed by atoms with Crippen molar-refractivity contribution < 1.29 is 14.7 Å². The van der Waals surface area contributed by atoms with Gasteiger partial charge in [0, 0.05) is 24.5 Å². The fourth-order valence-corrected chi connectivity index (χ4v) is 3.31. The maximum atomic E-state index is 12.8. The van der Waals surface area contributed by atoms with Crippen LogP contribution in [0.2, 0.25) is 0 Å². The maximum Gasteiger partial charge on any atom is 0.295 e. The largest absolute Gasteiger partial charge is 0.507 e. The molecule has 1 fully saturated rings. The van der Waals surface area contributed by atoms with E-state index in [9.17, 15) is 14.7 Å². The lowest BCUT2D eigenvalue weighted by Gasteiger charge is -2.25. The Kier molecular flexibility index (Phi) is 5.66. The minimum Gasteiger partial charge on any atom is -0.507 e. The lowest BCUT2D eigenvalue weighted by molar-refractivity contribution is -0.139. The number of aliphatic hydroxyl groups is 1. The highest BCUT2D eigenvalue weighted by Crippen LogP contribution is 2.39. The number of likely N-dealkylation sites (tertiary alicyclic amines) is 1. The Bertz CT molecular complexity index is 847. The average molecular weight is 365 g/mol. The summed E-state index contributed by atoms with van der Waals surface area (Å²) in [6, 6.07) is 11.8. The fraction of sp³-hybridized carbons (Fsp3) is 0.286. The molecule has 1 aromatic heterocycles. The molecule has 0 aliphatic carbocycles. The van der Waals surface area contributed by atoms with E-state index in [0.717, 1.165) is 18.5 Å². The van der Waals surface area contributed by atoms with Crippen LogP contribution in [0.1, 0.15) is 23.6 Å². The van der Waals surface area contributed by atoms with Gasteiger partial charge in [0.2, 0.25) is 0 Å². The number of hydrogen-bond donors (Lipinski definition) is 1. The minimum absolute atomic E-state index is 0.127. The average Bonchev–Trinajstić information content (AvgIpc) is 2.93. The number of rotatable bonds is 6. The quantitative estimate of drug-likeness (QED) is 0.484. The first-order valence-electron chi connectivity index (χ1n) is 8.89. The molecule has 2 aromatic rings. The van der Waals surface area contributed by atoms with E-state index in [1.807, 2.05) is 25.1 Å². The van der Waals surface area contributed by atoms with E-state index in [0.29, 0.717) is 12.1 Å².